The minimum Gasteiger partial charge on any atom is -0.429 e. The predicted molar refractivity (Wildman–Crippen MR) is 85.5 cm³/mol. The van der Waals surface area contributed by atoms with E-state index in [1.807, 2.05) is 0 Å². The molecule has 119 valence electrons. The van der Waals surface area contributed by atoms with Crippen molar-refractivity contribution in [3.63, 3.8) is 0 Å². The van der Waals surface area contributed by atoms with Gasteiger partial charge in [-0.15, -0.1) is 0 Å². The first-order valence-electron chi connectivity index (χ1n) is 7.11. The molecule has 0 spiro atoms. The molecule has 3 atom stereocenters. The van der Waals surface area contributed by atoms with Crippen LogP contribution in [0.3, 0.4) is 0 Å². The Morgan fingerprint density at radius 2 is 1.60 bits per heavy atom. The maximum atomic E-state index is 10.2. The van der Waals surface area contributed by atoms with Gasteiger partial charge in [0.25, 0.3) is 0 Å². The Kier molecular flexibility index (Phi) is 7.73. The Morgan fingerprint density at radius 3 is 1.80 bits per heavy atom. The first-order chi connectivity index (χ1) is 9.00. The standard InChI is InChI=1S/C10H18O2.C4H9Br.BH2O2/c1-8(2)7-4-5-9(3,11)10(8,12)6-7;1-4(2)3-5;2-1-3/h7,11-12H,4-6H2,1-3H3;4H,3H2,1-2H3;2-3H. The molecule has 0 amide bonds. The fourth-order valence-corrected chi connectivity index (χ4v) is 3.12. The van der Waals surface area contributed by atoms with Crippen LogP contribution in [0.5, 0.6) is 0 Å². The summed E-state index contributed by atoms with van der Waals surface area (Å²) in [4.78, 5) is 0. The highest BCUT2D eigenvalue weighted by Crippen LogP contribution is 2.65. The molecule has 3 unspecified atom stereocenters. The highest BCUT2D eigenvalue weighted by atomic mass is 79.9. The van der Waals surface area contributed by atoms with Gasteiger partial charge in [0.15, 0.2) is 0 Å². The molecule has 4 N–H and O–H groups in total. The lowest BCUT2D eigenvalue weighted by Gasteiger charge is -2.68. The summed E-state index contributed by atoms with van der Waals surface area (Å²) in [6.07, 6.45) is 2.59. The molecule has 3 rings (SSSR count). The summed E-state index contributed by atoms with van der Waals surface area (Å²) >= 11 is 3.31. The first-order valence-corrected chi connectivity index (χ1v) is 8.23. The third-order valence-corrected chi connectivity index (χ3v) is 6.10. The lowest BCUT2D eigenvalue weighted by atomic mass is 9.41. The van der Waals surface area contributed by atoms with Gasteiger partial charge in [0.2, 0.25) is 0 Å². The van der Waals surface area contributed by atoms with E-state index >= 15 is 0 Å². The second kappa shape index (κ2) is 7.59. The third kappa shape index (κ3) is 3.98. The molecule has 3 fully saturated rings. The summed E-state index contributed by atoms with van der Waals surface area (Å²) in [5.74, 6) is 1.41. The van der Waals surface area contributed by atoms with Gasteiger partial charge in [-0.05, 0) is 43.4 Å². The molecule has 0 aliphatic heterocycles. The zero-order valence-corrected chi connectivity index (χ0v) is 14.8. The van der Waals surface area contributed by atoms with Crippen molar-refractivity contribution in [1.82, 2.24) is 0 Å². The van der Waals surface area contributed by atoms with Crippen molar-refractivity contribution >= 4 is 23.6 Å². The van der Waals surface area contributed by atoms with Crippen LogP contribution >= 0.6 is 15.9 Å². The van der Waals surface area contributed by atoms with Crippen LogP contribution in [-0.4, -0.2) is 44.5 Å². The number of rotatable bonds is 1. The molecule has 6 heteroatoms. The summed E-state index contributed by atoms with van der Waals surface area (Å²) in [7, 11) is 0. The van der Waals surface area contributed by atoms with Crippen LogP contribution in [0.15, 0.2) is 0 Å². The summed E-state index contributed by atoms with van der Waals surface area (Å²) in [5, 5.41) is 35.4. The highest BCUT2D eigenvalue weighted by molar-refractivity contribution is 9.09. The molecule has 0 aromatic carbocycles. The summed E-state index contributed by atoms with van der Waals surface area (Å²) < 4.78 is 0. The van der Waals surface area contributed by atoms with Gasteiger partial charge in [-0.3, -0.25) is 0 Å². The van der Waals surface area contributed by atoms with Gasteiger partial charge in [-0.25, -0.2) is 0 Å². The van der Waals surface area contributed by atoms with E-state index < -0.39 is 11.2 Å². The number of fused-ring (bicyclic) bond motifs is 2. The molecule has 0 saturated heterocycles. The van der Waals surface area contributed by atoms with E-state index in [4.69, 9.17) is 10.0 Å². The molecular weight excluding hydrogens is 323 g/mol. The SMILES string of the molecule is CC(C)CBr.CC1(O)CCC2CC1(O)C2(C)C.O[B]O. The minimum atomic E-state index is -0.870. The number of hydrogen-bond donors (Lipinski definition) is 4. The van der Waals surface area contributed by atoms with E-state index in [1.165, 1.54) is 0 Å². The number of hydrogen-bond acceptors (Lipinski definition) is 4. The summed E-state index contributed by atoms with van der Waals surface area (Å²) in [6, 6.07) is 0. The Bertz CT molecular complexity index is 287. The van der Waals surface area contributed by atoms with Crippen molar-refractivity contribution in [3.05, 3.63) is 0 Å². The second-order valence-corrected chi connectivity index (χ2v) is 7.61. The van der Waals surface area contributed by atoms with Crippen molar-refractivity contribution < 1.29 is 20.3 Å². The quantitative estimate of drug-likeness (QED) is 0.429. The summed E-state index contributed by atoms with van der Waals surface area (Å²) in [5.41, 5.74) is -1.79. The zero-order valence-electron chi connectivity index (χ0n) is 13.2. The van der Waals surface area contributed by atoms with Gasteiger partial charge < -0.3 is 20.3 Å². The van der Waals surface area contributed by atoms with Gasteiger partial charge in [-0.1, -0.05) is 43.6 Å². The molecule has 3 aliphatic rings. The van der Waals surface area contributed by atoms with Crippen molar-refractivity contribution in [2.24, 2.45) is 17.3 Å². The average Bonchev–Trinajstić information content (AvgIpc) is 2.34. The van der Waals surface area contributed by atoms with Crippen LogP contribution in [0.2, 0.25) is 0 Å². The highest BCUT2D eigenvalue weighted by Gasteiger charge is 2.69. The van der Waals surface area contributed by atoms with E-state index in [0.29, 0.717) is 5.92 Å². The topological polar surface area (TPSA) is 80.9 Å². The Hall–Kier alpha value is 0.385. The lowest BCUT2D eigenvalue weighted by molar-refractivity contribution is -0.312. The molecule has 3 aliphatic carbocycles. The Labute approximate surface area is 132 Å². The van der Waals surface area contributed by atoms with Gasteiger partial charge in [0, 0.05) is 5.33 Å². The number of aliphatic hydroxyl groups is 2. The molecule has 20 heavy (non-hydrogen) atoms. The van der Waals surface area contributed by atoms with Crippen molar-refractivity contribution in [3.8, 4) is 0 Å². The number of alkyl halides is 1. The van der Waals surface area contributed by atoms with Gasteiger partial charge >= 0.3 is 7.69 Å². The van der Waals surface area contributed by atoms with Crippen molar-refractivity contribution in [2.45, 2.75) is 65.1 Å². The monoisotopic (exact) mass is 351 g/mol. The molecule has 0 heterocycles. The Balaban J connectivity index is 0.000000382. The molecule has 4 nitrogen and oxygen atoms in total. The van der Waals surface area contributed by atoms with Gasteiger partial charge in [0.05, 0.1) is 11.2 Å². The first kappa shape index (κ1) is 20.4. The second-order valence-electron chi connectivity index (χ2n) is 6.96. The maximum absolute atomic E-state index is 10.2. The number of halogens is 1. The Morgan fingerprint density at radius 1 is 1.20 bits per heavy atom. The van der Waals surface area contributed by atoms with Crippen molar-refractivity contribution in [2.75, 3.05) is 5.33 Å². The molecule has 3 saturated carbocycles. The minimum absolute atomic E-state index is 0. The van der Waals surface area contributed by atoms with E-state index in [0.717, 1.165) is 30.5 Å². The van der Waals surface area contributed by atoms with E-state index in [9.17, 15) is 10.2 Å². The van der Waals surface area contributed by atoms with Crippen LogP contribution in [-0.2, 0) is 0 Å². The predicted octanol–water partition coefficient (Wildman–Crippen LogP) is 1.85. The van der Waals surface area contributed by atoms with Crippen LogP contribution < -0.4 is 0 Å². The van der Waals surface area contributed by atoms with E-state index in [-0.39, 0.29) is 13.1 Å². The van der Waals surface area contributed by atoms with Crippen molar-refractivity contribution in [1.29, 1.82) is 0 Å². The van der Waals surface area contributed by atoms with Gasteiger partial charge in [0.1, 0.15) is 0 Å². The smallest absolute Gasteiger partial charge is 0.429 e. The van der Waals surface area contributed by atoms with Crippen LogP contribution in [0.4, 0.5) is 0 Å². The molecular formula is C14H29BBrO4. The third-order valence-electron chi connectivity index (χ3n) is 4.81. The van der Waals surface area contributed by atoms with E-state index in [1.54, 1.807) is 6.92 Å². The van der Waals surface area contributed by atoms with Crippen LogP contribution in [0.1, 0.15) is 53.9 Å². The fourth-order valence-electron chi connectivity index (χ4n) is 3.12. The molecule has 0 aromatic heterocycles. The summed E-state index contributed by atoms with van der Waals surface area (Å²) in [6.45, 7) is 10.2. The lowest BCUT2D eigenvalue weighted by Crippen LogP contribution is -2.74. The average molecular weight is 352 g/mol. The van der Waals surface area contributed by atoms with E-state index in [2.05, 4.69) is 43.6 Å². The fraction of sp³-hybridized carbons (Fsp3) is 1.00. The maximum Gasteiger partial charge on any atom is 0.482 e. The van der Waals surface area contributed by atoms with Crippen LogP contribution in [0.25, 0.3) is 0 Å². The largest absolute Gasteiger partial charge is 0.482 e. The van der Waals surface area contributed by atoms with Crippen LogP contribution in [0, 0.1) is 17.3 Å². The zero-order chi connectivity index (χ0) is 16.2. The van der Waals surface area contributed by atoms with Gasteiger partial charge in [-0.2, -0.15) is 0 Å². The molecule has 0 aromatic rings. The molecule has 1 radical (unpaired) electrons. The normalized spacial score (nSPS) is 36.9. The molecule has 2 bridgehead atoms.